The summed E-state index contributed by atoms with van der Waals surface area (Å²) in [5.74, 6) is 2.61. The van der Waals surface area contributed by atoms with Crippen LogP contribution in [0.25, 0.3) is 90.0 Å². The van der Waals surface area contributed by atoms with Crippen LogP contribution in [0.4, 0.5) is 0 Å². The average Bonchev–Trinajstić information content (AvgIpc) is 3.79. The van der Waals surface area contributed by atoms with Crippen LogP contribution in [-0.4, -0.2) is 24.9 Å². The second-order valence-electron chi connectivity index (χ2n) is 15.1. The zero-order valence-corrected chi connectivity index (χ0v) is 31.8. The van der Waals surface area contributed by atoms with Crippen LogP contribution in [0.1, 0.15) is 22.3 Å². The lowest BCUT2D eigenvalue weighted by molar-refractivity contribution is 0.794. The molecule has 8 aromatic carbocycles. The lowest BCUT2D eigenvalue weighted by Crippen LogP contribution is -2.26. The summed E-state index contributed by atoms with van der Waals surface area (Å²) in [7, 11) is 0. The van der Waals surface area contributed by atoms with Gasteiger partial charge in [-0.3, -0.25) is 0 Å². The normalized spacial score (nSPS) is 14.5. The van der Waals surface area contributed by atoms with Crippen molar-refractivity contribution in [2.75, 3.05) is 0 Å². The Balaban J connectivity index is 1.11. The minimum Gasteiger partial charge on any atom is -0.228 e. The van der Waals surface area contributed by atoms with E-state index in [1.807, 2.05) is 66.7 Å². The standard InChI is InChI=1S/C54H33N5/c1-4-17-34(18-5-1)49-41-25-12-15-30-47(41)55-53(56-49)42-26-16-29-45-48(42)40-24-11-14-28-44(40)54(45)43-27-13-10-23-38(43)39-32-31-37(33-46(39)54)52-58-50(35-19-6-2-7-20-35)57-51(59-52)36-21-8-3-9-22-36/h1-33H. The number of hydrogen-bond acceptors (Lipinski definition) is 5. The molecule has 1 unspecified atom stereocenters. The van der Waals surface area contributed by atoms with E-state index in [1.54, 1.807) is 0 Å². The van der Waals surface area contributed by atoms with Gasteiger partial charge >= 0.3 is 0 Å². The van der Waals surface area contributed by atoms with Crippen molar-refractivity contribution in [2.45, 2.75) is 5.41 Å². The fourth-order valence-corrected chi connectivity index (χ4v) is 9.46. The van der Waals surface area contributed by atoms with Crippen molar-refractivity contribution < 1.29 is 0 Å². The minimum atomic E-state index is -0.611. The summed E-state index contributed by atoms with van der Waals surface area (Å²) in [6.07, 6.45) is 0. The Labute approximate surface area is 341 Å². The third kappa shape index (κ3) is 5.01. The predicted octanol–water partition coefficient (Wildman–Crippen LogP) is 12.5. The zero-order valence-electron chi connectivity index (χ0n) is 31.8. The Morgan fingerprint density at radius 3 is 1.49 bits per heavy atom. The van der Waals surface area contributed by atoms with Crippen molar-refractivity contribution in [1.29, 1.82) is 0 Å². The first kappa shape index (κ1) is 33.3. The van der Waals surface area contributed by atoms with Crippen molar-refractivity contribution in [1.82, 2.24) is 24.9 Å². The van der Waals surface area contributed by atoms with E-state index in [0.717, 1.165) is 50.0 Å². The number of hydrogen-bond donors (Lipinski definition) is 0. The van der Waals surface area contributed by atoms with Crippen LogP contribution in [0.3, 0.4) is 0 Å². The minimum absolute atomic E-state index is 0.611. The molecule has 0 aliphatic heterocycles. The monoisotopic (exact) mass is 751 g/mol. The molecular formula is C54H33N5. The van der Waals surface area contributed by atoms with Gasteiger partial charge in [0, 0.05) is 33.2 Å². The maximum absolute atomic E-state index is 5.38. The summed E-state index contributed by atoms with van der Waals surface area (Å²) < 4.78 is 0. The first-order valence-electron chi connectivity index (χ1n) is 19.9. The van der Waals surface area contributed by atoms with Crippen LogP contribution in [0.2, 0.25) is 0 Å². The van der Waals surface area contributed by atoms with Gasteiger partial charge in [-0.15, -0.1) is 0 Å². The van der Waals surface area contributed by atoms with Crippen LogP contribution in [-0.2, 0) is 5.41 Å². The van der Waals surface area contributed by atoms with E-state index >= 15 is 0 Å². The highest BCUT2D eigenvalue weighted by atomic mass is 15.0. The fraction of sp³-hybridized carbons (Fsp3) is 0.0185. The summed E-state index contributed by atoms with van der Waals surface area (Å²) >= 11 is 0. The largest absolute Gasteiger partial charge is 0.228 e. The topological polar surface area (TPSA) is 64.5 Å². The Morgan fingerprint density at radius 2 is 0.797 bits per heavy atom. The van der Waals surface area contributed by atoms with E-state index in [1.165, 1.54) is 38.9 Å². The molecule has 0 fully saturated rings. The maximum atomic E-state index is 5.38. The lowest BCUT2D eigenvalue weighted by atomic mass is 9.70. The van der Waals surface area contributed by atoms with Crippen LogP contribution in [0.15, 0.2) is 200 Å². The number of rotatable bonds is 5. The van der Waals surface area contributed by atoms with E-state index in [9.17, 15) is 0 Å². The first-order chi connectivity index (χ1) is 29.3. The summed E-state index contributed by atoms with van der Waals surface area (Å²) in [4.78, 5) is 25.9. The number of aromatic nitrogens is 5. The van der Waals surface area contributed by atoms with E-state index in [-0.39, 0.29) is 0 Å². The van der Waals surface area contributed by atoms with Crippen molar-refractivity contribution >= 4 is 10.9 Å². The molecule has 0 saturated carbocycles. The highest BCUT2D eigenvalue weighted by Crippen LogP contribution is 2.64. The molecule has 0 bridgehead atoms. The molecule has 2 aliphatic rings. The Bertz CT molecular complexity index is 3210. The van der Waals surface area contributed by atoms with Crippen LogP contribution >= 0.6 is 0 Å². The highest BCUT2D eigenvalue weighted by molar-refractivity contribution is 6.01. The van der Waals surface area contributed by atoms with Gasteiger partial charge in [-0.2, -0.15) is 0 Å². The molecule has 12 rings (SSSR count). The van der Waals surface area contributed by atoms with Gasteiger partial charge in [0.2, 0.25) is 0 Å². The van der Waals surface area contributed by atoms with Crippen molar-refractivity contribution in [3.8, 4) is 79.1 Å². The van der Waals surface area contributed by atoms with Crippen LogP contribution < -0.4 is 0 Å². The van der Waals surface area contributed by atoms with E-state index in [0.29, 0.717) is 23.3 Å². The Kier molecular flexibility index (Phi) is 7.38. The van der Waals surface area contributed by atoms with E-state index in [2.05, 4.69) is 133 Å². The third-order valence-corrected chi connectivity index (χ3v) is 12.0. The SMILES string of the molecule is c1ccc(-c2nc(-c3ccccc3)nc(-c3ccc4c(c3)C3(c5ccccc5-4)c4ccccc4-c4c(-c5nc(-c6ccccc6)c6ccccc6n5)cccc43)n2)cc1. The van der Waals surface area contributed by atoms with Gasteiger partial charge in [-0.05, 0) is 56.6 Å². The van der Waals surface area contributed by atoms with Crippen molar-refractivity contribution in [3.05, 3.63) is 222 Å². The molecule has 1 spiro atoms. The highest BCUT2D eigenvalue weighted by Gasteiger charge is 2.52. The van der Waals surface area contributed by atoms with E-state index in [4.69, 9.17) is 24.9 Å². The second kappa shape index (κ2) is 13.1. The molecule has 59 heavy (non-hydrogen) atoms. The zero-order chi connectivity index (χ0) is 38.9. The molecule has 5 heteroatoms. The van der Waals surface area contributed by atoms with Gasteiger partial charge in [0.05, 0.1) is 16.6 Å². The van der Waals surface area contributed by atoms with Crippen LogP contribution in [0.5, 0.6) is 0 Å². The molecule has 274 valence electrons. The first-order valence-corrected chi connectivity index (χ1v) is 19.9. The summed E-state index contributed by atoms with van der Waals surface area (Å²) in [5.41, 5.74) is 15.8. The molecule has 1 atom stereocenters. The molecular weight excluding hydrogens is 719 g/mol. The fourth-order valence-electron chi connectivity index (χ4n) is 9.46. The lowest BCUT2D eigenvalue weighted by Gasteiger charge is -2.30. The number of fused-ring (bicyclic) bond motifs is 11. The molecule has 2 aromatic heterocycles. The van der Waals surface area contributed by atoms with Crippen LogP contribution in [0, 0.1) is 0 Å². The number of para-hydroxylation sites is 1. The molecule has 5 nitrogen and oxygen atoms in total. The Hall–Kier alpha value is -7.89. The van der Waals surface area contributed by atoms with Gasteiger partial charge in [0.15, 0.2) is 23.3 Å². The third-order valence-electron chi connectivity index (χ3n) is 12.0. The van der Waals surface area contributed by atoms with Gasteiger partial charge < -0.3 is 0 Å². The molecule has 2 heterocycles. The van der Waals surface area contributed by atoms with E-state index < -0.39 is 5.41 Å². The van der Waals surface area contributed by atoms with Crippen molar-refractivity contribution in [2.24, 2.45) is 0 Å². The molecule has 10 aromatic rings. The predicted molar refractivity (Wildman–Crippen MR) is 236 cm³/mol. The number of benzene rings is 8. The number of nitrogens with zero attached hydrogens (tertiary/aromatic N) is 5. The molecule has 0 N–H and O–H groups in total. The maximum Gasteiger partial charge on any atom is 0.164 e. The average molecular weight is 752 g/mol. The smallest absolute Gasteiger partial charge is 0.164 e. The quantitative estimate of drug-likeness (QED) is 0.175. The van der Waals surface area contributed by atoms with Gasteiger partial charge in [0.1, 0.15) is 0 Å². The molecule has 2 aliphatic carbocycles. The van der Waals surface area contributed by atoms with Gasteiger partial charge in [-0.25, -0.2) is 24.9 Å². The summed E-state index contributed by atoms with van der Waals surface area (Å²) in [6, 6.07) is 70.2. The molecule has 0 radical (unpaired) electrons. The Morgan fingerprint density at radius 1 is 0.288 bits per heavy atom. The van der Waals surface area contributed by atoms with Gasteiger partial charge in [-0.1, -0.05) is 188 Å². The summed E-state index contributed by atoms with van der Waals surface area (Å²) in [6.45, 7) is 0. The molecule has 0 saturated heterocycles. The van der Waals surface area contributed by atoms with Gasteiger partial charge in [0.25, 0.3) is 0 Å². The second-order valence-corrected chi connectivity index (χ2v) is 15.1. The summed E-state index contributed by atoms with van der Waals surface area (Å²) in [5, 5.41) is 1.03. The van der Waals surface area contributed by atoms with Crippen molar-refractivity contribution in [3.63, 3.8) is 0 Å². The molecule has 0 amide bonds.